The SMILES string of the molecule is Cc1nc(Cl)ccc1C(=O)NCC1CCCC(O)C1. The Morgan fingerprint density at radius 2 is 2.32 bits per heavy atom. The molecule has 1 aromatic heterocycles. The van der Waals surface area contributed by atoms with Crippen molar-refractivity contribution < 1.29 is 9.90 Å². The maximum Gasteiger partial charge on any atom is 0.253 e. The van der Waals surface area contributed by atoms with Crippen molar-refractivity contribution in [3.8, 4) is 0 Å². The molecule has 19 heavy (non-hydrogen) atoms. The van der Waals surface area contributed by atoms with Crippen LogP contribution in [-0.2, 0) is 0 Å². The molecule has 0 bridgehead atoms. The maximum atomic E-state index is 12.0. The van der Waals surface area contributed by atoms with E-state index in [1.54, 1.807) is 19.1 Å². The van der Waals surface area contributed by atoms with Crippen LogP contribution in [0.3, 0.4) is 0 Å². The van der Waals surface area contributed by atoms with Gasteiger partial charge in [-0.15, -0.1) is 0 Å². The molecule has 2 N–H and O–H groups in total. The van der Waals surface area contributed by atoms with Crippen LogP contribution in [0.25, 0.3) is 0 Å². The predicted molar refractivity (Wildman–Crippen MR) is 74.3 cm³/mol. The molecular formula is C14H19ClN2O2. The standard InChI is InChI=1S/C14H19ClN2O2/c1-9-12(5-6-13(15)17-9)14(19)16-8-10-3-2-4-11(18)7-10/h5-6,10-11,18H,2-4,7-8H2,1H3,(H,16,19). The van der Waals surface area contributed by atoms with Gasteiger partial charge < -0.3 is 10.4 Å². The summed E-state index contributed by atoms with van der Waals surface area (Å²) in [6.07, 6.45) is 3.54. The van der Waals surface area contributed by atoms with Crippen molar-refractivity contribution in [3.05, 3.63) is 28.5 Å². The summed E-state index contributed by atoms with van der Waals surface area (Å²) in [5.41, 5.74) is 1.19. The second-order valence-corrected chi connectivity index (χ2v) is 5.55. The Kier molecular flexibility index (Phi) is 4.77. The number of aryl methyl sites for hydroxylation is 1. The summed E-state index contributed by atoms with van der Waals surface area (Å²) >= 11 is 5.77. The van der Waals surface area contributed by atoms with Crippen molar-refractivity contribution in [3.63, 3.8) is 0 Å². The molecule has 4 nitrogen and oxygen atoms in total. The number of hydrogen-bond donors (Lipinski definition) is 2. The Labute approximate surface area is 118 Å². The number of hydrogen-bond acceptors (Lipinski definition) is 3. The highest BCUT2D eigenvalue weighted by atomic mass is 35.5. The summed E-state index contributed by atoms with van der Waals surface area (Å²) in [6.45, 7) is 2.38. The molecule has 1 fully saturated rings. The zero-order valence-electron chi connectivity index (χ0n) is 11.0. The van der Waals surface area contributed by atoms with Gasteiger partial charge in [-0.2, -0.15) is 0 Å². The zero-order valence-corrected chi connectivity index (χ0v) is 11.8. The number of rotatable bonds is 3. The van der Waals surface area contributed by atoms with Crippen LogP contribution < -0.4 is 5.32 Å². The number of pyridine rings is 1. The van der Waals surface area contributed by atoms with Crippen LogP contribution in [0.4, 0.5) is 0 Å². The van der Waals surface area contributed by atoms with Gasteiger partial charge in [0, 0.05) is 6.54 Å². The molecular weight excluding hydrogens is 264 g/mol. The van der Waals surface area contributed by atoms with Gasteiger partial charge in [0.2, 0.25) is 0 Å². The lowest BCUT2D eigenvalue weighted by atomic mass is 9.87. The monoisotopic (exact) mass is 282 g/mol. The third-order valence-corrected chi connectivity index (χ3v) is 3.81. The number of aliphatic hydroxyl groups excluding tert-OH is 1. The fourth-order valence-electron chi connectivity index (χ4n) is 2.55. The topological polar surface area (TPSA) is 62.2 Å². The van der Waals surface area contributed by atoms with Gasteiger partial charge in [-0.3, -0.25) is 4.79 Å². The number of amides is 1. The van der Waals surface area contributed by atoms with Crippen molar-refractivity contribution in [2.45, 2.75) is 38.7 Å². The zero-order chi connectivity index (χ0) is 13.8. The molecule has 1 aliphatic rings. The van der Waals surface area contributed by atoms with Gasteiger partial charge in [-0.05, 0) is 44.2 Å². The minimum absolute atomic E-state index is 0.123. The van der Waals surface area contributed by atoms with Gasteiger partial charge in [-0.25, -0.2) is 4.98 Å². The molecule has 0 aromatic carbocycles. The fourth-order valence-corrected chi connectivity index (χ4v) is 2.74. The van der Waals surface area contributed by atoms with Crippen LogP contribution in [0.5, 0.6) is 0 Å². The van der Waals surface area contributed by atoms with Crippen LogP contribution in [0.2, 0.25) is 5.15 Å². The molecule has 1 aliphatic carbocycles. The van der Waals surface area contributed by atoms with Crippen LogP contribution in [0, 0.1) is 12.8 Å². The molecule has 104 valence electrons. The summed E-state index contributed by atoms with van der Waals surface area (Å²) in [7, 11) is 0. The number of nitrogens with one attached hydrogen (secondary N) is 1. The highest BCUT2D eigenvalue weighted by Crippen LogP contribution is 2.23. The molecule has 1 saturated carbocycles. The number of halogens is 1. The maximum absolute atomic E-state index is 12.0. The van der Waals surface area contributed by atoms with Crippen molar-refractivity contribution in [2.24, 2.45) is 5.92 Å². The molecule has 2 atom stereocenters. The Hall–Kier alpha value is -1.13. The second kappa shape index (κ2) is 6.35. The third kappa shape index (κ3) is 3.91. The molecule has 1 amide bonds. The van der Waals surface area contributed by atoms with E-state index in [9.17, 15) is 9.90 Å². The van der Waals surface area contributed by atoms with Crippen LogP contribution in [-0.4, -0.2) is 28.6 Å². The second-order valence-electron chi connectivity index (χ2n) is 5.16. The third-order valence-electron chi connectivity index (χ3n) is 3.60. The van der Waals surface area contributed by atoms with Crippen molar-refractivity contribution in [2.75, 3.05) is 6.54 Å². The first-order valence-electron chi connectivity index (χ1n) is 6.65. The first-order chi connectivity index (χ1) is 9.06. The largest absolute Gasteiger partial charge is 0.393 e. The smallest absolute Gasteiger partial charge is 0.253 e. The quantitative estimate of drug-likeness (QED) is 0.837. The normalized spacial score (nSPS) is 23.1. The van der Waals surface area contributed by atoms with Gasteiger partial charge in [0.25, 0.3) is 5.91 Å². The molecule has 2 rings (SSSR count). The summed E-state index contributed by atoms with van der Waals surface area (Å²) in [5.74, 6) is 0.245. The molecule has 0 aliphatic heterocycles. The lowest BCUT2D eigenvalue weighted by molar-refractivity contribution is 0.0873. The number of nitrogens with zero attached hydrogens (tertiary/aromatic N) is 1. The number of aliphatic hydroxyl groups is 1. The van der Waals surface area contributed by atoms with Gasteiger partial charge >= 0.3 is 0 Å². The van der Waals surface area contributed by atoms with E-state index in [1.807, 2.05) is 0 Å². The number of aromatic nitrogens is 1. The lowest BCUT2D eigenvalue weighted by Crippen LogP contribution is -2.33. The van der Waals surface area contributed by atoms with E-state index in [2.05, 4.69) is 10.3 Å². The van der Waals surface area contributed by atoms with Crippen molar-refractivity contribution in [1.29, 1.82) is 0 Å². The van der Waals surface area contributed by atoms with Gasteiger partial charge in [-0.1, -0.05) is 18.0 Å². The molecule has 1 aromatic rings. The minimum Gasteiger partial charge on any atom is -0.393 e. The van der Waals surface area contributed by atoms with E-state index in [0.29, 0.717) is 28.9 Å². The van der Waals surface area contributed by atoms with Gasteiger partial charge in [0.05, 0.1) is 17.4 Å². The Balaban J connectivity index is 1.90. The Bertz CT molecular complexity index is 465. The van der Waals surface area contributed by atoms with Gasteiger partial charge in [0.15, 0.2) is 0 Å². The van der Waals surface area contributed by atoms with Crippen LogP contribution in [0.15, 0.2) is 12.1 Å². The molecule has 2 unspecified atom stereocenters. The number of carbonyl (C=O) groups excluding carboxylic acids is 1. The van der Waals surface area contributed by atoms with E-state index >= 15 is 0 Å². The molecule has 0 radical (unpaired) electrons. The number of carbonyl (C=O) groups is 1. The highest BCUT2D eigenvalue weighted by Gasteiger charge is 2.21. The average Bonchev–Trinajstić information content (AvgIpc) is 2.36. The summed E-state index contributed by atoms with van der Waals surface area (Å²) in [6, 6.07) is 3.31. The van der Waals surface area contributed by atoms with E-state index in [-0.39, 0.29) is 12.0 Å². The minimum atomic E-state index is -0.213. The lowest BCUT2D eigenvalue weighted by Gasteiger charge is -2.25. The molecule has 0 saturated heterocycles. The van der Waals surface area contributed by atoms with E-state index < -0.39 is 0 Å². The Morgan fingerprint density at radius 3 is 3.00 bits per heavy atom. The van der Waals surface area contributed by atoms with Crippen LogP contribution >= 0.6 is 11.6 Å². The molecule has 5 heteroatoms. The summed E-state index contributed by atoms with van der Waals surface area (Å²) in [4.78, 5) is 16.1. The summed E-state index contributed by atoms with van der Waals surface area (Å²) < 4.78 is 0. The van der Waals surface area contributed by atoms with Crippen molar-refractivity contribution in [1.82, 2.24) is 10.3 Å². The fraction of sp³-hybridized carbons (Fsp3) is 0.571. The van der Waals surface area contributed by atoms with Gasteiger partial charge in [0.1, 0.15) is 5.15 Å². The van der Waals surface area contributed by atoms with E-state index in [0.717, 1.165) is 25.7 Å². The molecule has 0 spiro atoms. The van der Waals surface area contributed by atoms with Crippen LogP contribution in [0.1, 0.15) is 41.7 Å². The molecule has 1 heterocycles. The highest BCUT2D eigenvalue weighted by molar-refractivity contribution is 6.29. The Morgan fingerprint density at radius 1 is 1.53 bits per heavy atom. The van der Waals surface area contributed by atoms with E-state index in [1.165, 1.54) is 0 Å². The first kappa shape index (κ1) is 14.3. The van der Waals surface area contributed by atoms with E-state index in [4.69, 9.17) is 11.6 Å². The summed E-state index contributed by atoms with van der Waals surface area (Å²) in [5, 5.41) is 12.9. The predicted octanol–water partition coefficient (Wildman–Crippen LogP) is 2.32. The van der Waals surface area contributed by atoms with Crippen molar-refractivity contribution >= 4 is 17.5 Å². The average molecular weight is 283 g/mol. The first-order valence-corrected chi connectivity index (χ1v) is 7.03.